The third kappa shape index (κ3) is 5.53. The van der Waals surface area contributed by atoms with Gasteiger partial charge >= 0.3 is 0 Å². The van der Waals surface area contributed by atoms with Gasteiger partial charge in [0.2, 0.25) is 0 Å². The van der Waals surface area contributed by atoms with Gasteiger partial charge in [0.25, 0.3) is 0 Å². The van der Waals surface area contributed by atoms with E-state index in [1.807, 2.05) is 12.1 Å². The summed E-state index contributed by atoms with van der Waals surface area (Å²) in [6, 6.07) is 22.0. The molecule has 1 saturated heterocycles. The smallest absolute Gasteiger partial charge is 0.161 e. The molecule has 1 fully saturated rings. The van der Waals surface area contributed by atoms with Gasteiger partial charge < -0.3 is 19.2 Å². The van der Waals surface area contributed by atoms with E-state index in [9.17, 15) is 0 Å². The van der Waals surface area contributed by atoms with Crippen molar-refractivity contribution >= 4 is 10.9 Å². The molecule has 0 radical (unpaired) electrons. The van der Waals surface area contributed by atoms with Crippen LogP contribution in [0.15, 0.2) is 60.7 Å². The SMILES string of the molecule is COc1ccc(-c2[nH]c3ccc(-c4ccc(CCCN5CCOCC5)cc4)cc3c2C(C)C)cc1OC. The zero-order chi connectivity index (χ0) is 25.8. The van der Waals surface area contributed by atoms with Crippen LogP contribution in [0, 0.1) is 0 Å². The van der Waals surface area contributed by atoms with Crippen molar-refractivity contribution in [3.05, 3.63) is 71.8 Å². The molecule has 5 nitrogen and oxygen atoms in total. The summed E-state index contributed by atoms with van der Waals surface area (Å²) in [6.45, 7) is 9.52. The van der Waals surface area contributed by atoms with E-state index in [2.05, 4.69) is 72.3 Å². The summed E-state index contributed by atoms with van der Waals surface area (Å²) in [5, 5.41) is 1.27. The molecule has 0 amide bonds. The number of aromatic amines is 1. The summed E-state index contributed by atoms with van der Waals surface area (Å²) in [5.41, 5.74) is 8.60. The Morgan fingerprint density at radius 1 is 0.838 bits per heavy atom. The summed E-state index contributed by atoms with van der Waals surface area (Å²) in [5.74, 6) is 1.83. The van der Waals surface area contributed by atoms with Gasteiger partial charge in [0.1, 0.15) is 0 Å². The van der Waals surface area contributed by atoms with Gasteiger partial charge in [0.15, 0.2) is 11.5 Å². The lowest BCUT2D eigenvalue weighted by atomic mass is 9.94. The predicted octanol–water partition coefficient (Wildman–Crippen LogP) is 6.91. The lowest BCUT2D eigenvalue weighted by Gasteiger charge is -2.26. The fraction of sp³-hybridized carbons (Fsp3) is 0.375. The number of morpholine rings is 1. The highest BCUT2D eigenvalue weighted by Crippen LogP contribution is 2.40. The van der Waals surface area contributed by atoms with Gasteiger partial charge in [-0.2, -0.15) is 0 Å². The molecule has 1 aliphatic heterocycles. The van der Waals surface area contributed by atoms with Crippen molar-refractivity contribution in [2.45, 2.75) is 32.6 Å². The van der Waals surface area contributed by atoms with Gasteiger partial charge in [-0.1, -0.05) is 44.2 Å². The Bertz CT molecular complexity index is 1330. The van der Waals surface area contributed by atoms with Crippen molar-refractivity contribution in [3.63, 3.8) is 0 Å². The molecule has 1 aliphatic rings. The maximum absolute atomic E-state index is 5.57. The lowest BCUT2D eigenvalue weighted by molar-refractivity contribution is 0.0375. The van der Waals surface area contributed by atoms with Crippen molar-refractivity contribution in [1.82, 2.24) is 9.88 Å². The zero-order valence-electron chi connectivity index (χ0n) is 22.5. The van der Waals surface area contributed by atoms with Crippen LogP contribution in [0.4, 0.5) is 0 Å². The third-order valence-electron chi connectivity index (χ3n) is 7.42. The predicted molar refractivity (Wildman–Crippen MR) is 152 cm³/mol. The minimum absolute atomic E-state index is 0.362. The van der Waals surface area contributed by atoms with Gasteiger partial charge in [-0.05, 0) is 77.9 Å². The molecular weight excluding hydrogens is 460 g/mol. The summed E-state index contributed by atoms with van der Waals surface area (Å²) >= 11 is 0. The van der Waals surface area contributed by atoms with E-state index < -0.39 is 0 Å². The number of hydrogen-bond acceptors (Lipinski definition) is 4. The summed E-state index contributed by atoms with van der Waals surface area (Å²) < 4.78 is 16.5. The van der Waals surface area contributed by atoms with Crippen molar-refractivity contribution in [2.24, 2.45) is 0 Å². The molecule has 0 unspecified atom stereocenters. The van der Waals surface area contributed by atoms with Crippen LogP contribution >= 0.6 is 0 Å². The Hall–Kier alpha value is -3.28. The quantitative estimate of drug-likeness (QED) is 0.272. The zero-order valence-corrected chi connectivity index (χ0v) is 22.5. The topological polar surface area (TPSA) is 46.7 Å². The van der Waals surface area contributed by atoms with Crippen molar-refractivity contribution in [1.29, 1.82) is 0 Å². The van der Waals surface area contributed by atoms with Crippen molar-refractivity contribution < 1.29 is 14.2 Å². The lowest BCUT2D eigenvalue weighted by Crippen LogP contribution is -2.36. The fourth-order valence-corrected chi connectivity index (χ4v) is 5.41. The molecule has 1 aromatic heterocycles. The molecule has 4 aromatic rings. The number of aryl methyl sites for hydroxylation is 1. The number of nitrogens with one attached hydrogen (secondary N) is 1. The van der Waals surface area contributed by atoms with E-state index in [1.54, 1.807) is 14.2 Å². The van der Waals surface area contributed by atoms with Crippen LogP contribution in [0.5, 0.6) is 11.5 Å². The van der Waals surface area contributed by atoms with Crippen LogP contribution in [0.25, 0.3) is 33.3 Å². The summed E-state index contributed by atoms with van der Waals surface area (Å²) in [7, 11) is 3.34. The van der Waals surface area contributed by atoms with E-state index in [0.717, 1.165) is 67.5 Å². The standard InChI is InChI=1S/C32H38N2O3/c1-22(2)31-27-20-25(24-9-7-23(8-10-24)6-5-15-34-16-18-37-19-17-34)11-13-28(27)33-32(31)26-12-14-29(35-3)30(21-26)36-4/h7-14,20-22,33H,5-6,15-19H2,1-4H3. The average Bonchev–Trinajstić information content (AvgIpc) is 3.33. The van der Waals surface area contributed by atoms with Crippen molar-refractivity contribution in [2.75, 3.05) is 47.1 Å². The Labute approximate surface area is 220 Å². The van der Waals surface area contributed by atoms with Gasteiger partial charge in [-0.15, -0.1) is 0 Å². The number of fused-ring (bicyclic) bond motifs is 1. The second-order valence-electron chi connectivity index (χ2n) is 10.2. The number of aromatic nitrogens is 1. The molecule has 1 N–H and O–H groups in total. The highest BCUT2D eigenvalue weighted by atomic mass is 16.5. The molecule has 0 bridgehead atoms. The molecule has 0 atom stereocenters. The molecular formula is C32H38N2O3. The molecule has 194 valence electrons. The second kappa shape index (κ2) is 11.4. The second-order valence-corrected chi connectivity index (χ2v) is 10.2. The molecule has 37 heavy (non-hydrogen) atoms. The molecule has 5 rings (SSSR count). The van der Waals surface area contributed by atoms with E-state index in [-0.39, 0.29) is 0 Å². The number of benzene rings is 3. The maximum atomic E-state index is 5.57. The molecule has 3 aromatic carbocycles. The monoisotopic (exact) mass is 498 g/mol. The van der Waals surface area contributed by atoms with Crippen LogP contribution in [-0.2, 0) is 11.2 Å². The van der Waals surface area contributed by atoms with Crippen LogP contribution in [0.3, 0.4) is 0 Å². The Balaban J connectivity index is 1.39. The number of rotatable bonds is 9. The first-order chi connectivity index (χ1) is 18.1. The Morgan fingerprint density at radius 3 is 2.24 bits per heavy atom. The van der Waals surface area contributed by atoms with E-state index in [4.69, 9.17) is 14.2 Å². The molecule has 5 heteroatoms. The van der Waals surface area contributed by atoms with E-state index in [0.29, 0.717) is 5.92 Å². The number of nitrogens with zero attached hydrogens (tertiary/aromatic N) is 1. The number of hydrogen-bond donors (Lipinski definition) is 1. The van der Waals surface area contributed by atoms with Crippen molar-refractivity contribution in [3.8, 4) is 33.9 Å². The van der Waals surface area contributed by atoms with E-state index >= 15 is 0 Å². The highest BCUT2D eigenvalue weighted by Gasteiger charge is 2.18. The first kappa shape index (κ1) is 25.4. The minimum Gasteiger partial charge on any atom is -0.493 e. The van der Waals surface area contributed by atoms with Gasteiger partial charge in [-0.25, -0.2) is 0 Å². The summed E-state index contributed by atoms with van der Waals surface area (Å²) in [6.07, 6.45) is 2.30. The van der Waals surface area contributed by atoms with Gasteiger partial charge in [0, 0.05) is 29.6 Å². The minimum atomic E-state index is 0.362. The van der Waals surface area contributed by atoms with Gasteiger partial charge in [0.05, 0.1) is 33.1 Å². The van der Waals surface area contributed by atoms with Gasteiger partial charge in [-0.3, -0.25) is 4.90 Å². The average molecular weight is 499 g/mol. The third-order valence-corrected chi connectivity index (χ3v) is 7.42. The van der Waals surface area contributed by atoms with Crippen LogP contribution < -0.4 is 9.47 Å². The normalized spacial score (nSPS) is 14.4. The maximum Gasteiger partial charge on any atom is 0.161 e. The fourth-order valence-electron chi connectivity index (χ4n) is 5.41. The highest BCUT2D eigenvalue weighted by molar-refractivity contribution is 5.94. The summed E-state index contributed by atoms with van der Waals surface area (Å²) in [4.78, 5) is 6.19. The Morgan fingerprint density at radius 2 is 1.54 bits per heavy atom. The number of methoxy groups -OCH3 is 2. The molecule has 2 heterocycles. The first-order valence-corrected chi connectivity index (χ1v) is 13.3. The van der Waals surface area contributed by atoms with Crippen LogP contribution in [-0.4, -0.2) is 57.0 Å². The Kier molecular flexibility index (Phi) is 7.82. The molecule has 0 saturated carbocycles. The van der Waals surface area contributed by atoms with Crippen LogP contribution in [0.1, 0.15) is 37.3 Å². The first-order valence-electron chi connectivity index (χ1n) is 13.3. The molecule has 0 spiro atoms. The molecule has 0 aliphatic carbocycles. The van der Waals surface area contributed by atoms with E-state index in [1.165, 1.54) is 34.1 Å². The largest absolute Gasteiger partial charge is 0.493 e. The van der Waals surface area contributed by atoms with Crippen LogP contribution in [0.2, 0.25) is 0 Å². The number of H-pyrrole nitrogens is 1. The number of ether oxygens (including phenoxy) is 3.